The van der Waals surface area contributed by atoms with Gasteiger partial charge in [-0.3, -0.25) is 9.59 Å². The fraction of sp³-hybridized carbons (Fsp3) is 0.778. The Hall–Kier alpha value is -1.16. The molecule has 0 aliphatic rings. The number of methoxy groups -OCH3 is 1. The van der Waals surface area contributed by atoms with Crippen LogP contribution in [0.1, 0.15) is 77.6 Å². The second kappa shape index (κ2) is 14.8. The number of aliphatic hydroxyl groups excluding tert-OH is 1. The topological polar surface area (TPSA) is 63.6 Å². The van der Waals surface area contributed by atoms with Crippen LogP contribution in [0, 0.1) is 0 Å². The lowest BCUT2D eigenvalue weighted by Crippen LogP contribution is -2.02. The first kappa shape index (κ1) is 20.8. The van der Waals surface area contributed by atoms with Gasteiger partial charge in [-0.1, -0.05) is 38.3 Å². The molecule has 1 N–H and O–H groups in total. The molecule has 0 saturated carbocycles. The Kier molecular flexibility index (Phi) is 14.0. The minimum absolute atomic E-state index is 0.213. The fourth-order valence-electron chi connectivity index (χ4n) is 2.19. The van der Waals surface area contributed by atoms with E-state index < -0.39 is 0 Å². The Balaban J connectivity index is 3.49. The molecule has 0 saturated heterocycles. The summed E-state index contributed by atoms with van der Waals surface area (Å²) in [5, 5.41) is 9.70. The van der Waals surface area contributed by atoms with Crippen molar-refractivity contribution in [3.63, 3.8) is 0 Å². The summed E-state index contributed by atoms with van der Waals surface area (Å²) in [7, 11) is 1.38. The molecule has 4 nitrogen and oxygen atoms in total. The number of hydrogen-bond acceptors (Lipinski definition) is 4. The van der Waals surface area contributed by atoms with Crippen LogP contribution in [0.2, 0.25) is 0 Å². The Morgan fingerprint density at radius 1 is 1.05 bits per heavy atom. The quantitative estimate of drug-likeness (QED) is 0.299. The van der Waals surface area contributed by atoms with Crippen molar-refractivity contribution in [1.82, 2.24) is 0 Å². The van der Waals surface area contributed by atoms with E-state index in [-0.39, 0.29) is 17.9 Å². The number of rotatable bonds is 14. The Morgan fingerprint density at radius 2 is 1.73 bits per heavy atom. The summed E-state index contributed by atoms with van der Waals surface area (Å²) in [6, 6.07) is 0. The highest BCUT2D eigenvalue weighted by Crippen LogP contribution is 2.08. The van der Waals surface area contributed by atoms with E-state index >= 15 is 0 Å². The van der Waals surface area contributed by atoms with Gasteiger partial charge in [-0.2, -0.15) is 0 Å². The van der Waals surface area contributed by atoms with Gasteiger partial charge in [-0.15, -0.1) is 0 Å². The third kappa shape index (κ3) is 13.8. The SMILES string of the molecule is CCCCC[C@@H](O)/C=C\CCCC(=O)CCCCC(=O)OC. The number of allylic oxidation sites excluding steroid dienone is 1. The molecule has 128 valence electrons. The predicted molar refractivity (Wildman–Crippen MR) is 88.6 cm³/mol. The maximum absolute atomic E-state index is 11.6. The summed E-state index contributed by atoms with van der Waals surface area (Å²) in [6.07, 6.45) is 12.3. The van der Waals surface area contributed by atoms with Crippen molar-refractivity contribution < 1.29 is 19.4 Å². The minimum Gasteiger partial charge on any atom is -0.469 e. The predicted octanol–water partition coefficient (Wildman–Crippen LogP) is 3.96. The van der Waals surface area contributed by atoms with Crippen LogP contribution in [-0.2, 0) is 14.3 Å². The zero-order chi connectivity index (χ0) is 16.6. The number of carbonyl (C=O) groups is 2. The molecule has 0 rings (SSSR count). The largest absolute Gasteiger partial charge is 0.469 e. The highest BCUT2D eigenvalue weighted by Gasteiger charge is 2.04. The molecular formula is C18H32O4. The van der Waals surface area contributed by atoms with Crippen LogP contribution in [0.15, 0.2) is 12.2 Å². The number of hydrogen-bond donors (Lipinski definition) is 1. The summed E-state index contributed by atoms with van der Waals surface area (Å²) in [6.45, 7) is 2.15. The van der Waals surface area contributed by atoms with Crippen LogP contribution in [0.4, 0.5) is 0 Å². The lowest BCUT2D eigenvalue weighted by atomic mass is 10.1. The van der Waals surface area contributed by atoms with Gasteiger partial charge in [0.05, 0.1) is 13.2 Å². The highest BCUT2D eigenvalue weighted by atomic mass is 16.5. The number of carbonyl (C=O) groups excluding carboxylic acids is 2. The second-order valence-corrected chi connectivity index (χ2v) is 5.71. The van der Waals surface area contributed by atoms with Crippen LogP contribution in [-0.4, -0.2) is 30.1 Å². The van der Waals surface area contributed by atoms with Crippen molar-refractivity contribution in [3.8, 4) is 0 Å². The average molecular weight is 312 g/mol. The van der Waals surface area contributed by atoms with E-state index in [0.29, 0.717) is 25.7 Å². The van der Waals surface area contributed by atoms with E-state index in [4.69, 9.17) is 0 Å². The third-order valence-corrected chi connectivity index (χ3v) is 3.60. The number of ether oxygens (including phenoxy) is 1. The maximum Gasteiger partial charge on any atom is 0.305 e. The van der Waals surface area contributed by atoms with Crippen molar-refractivity contribution in [3.05, 3.63) is 12.2 Å². The third-order valence-electron chi connectivity index (χ3n) is 3.60. The van der Waals surface area contributed by atoms with Crippen molar-refractivity contribution in [2.75, 3.05) is 7.11 Å². The molecule has 0 heterocycles. The van der Waals surface area contributed by atoms with Crippen molar-refractivity contribution in [2.24, 2.45) is 0 Å². The first-order valence-electron chi connectivity index (χ1n) is 8.53. The van der Waals surface area contributed by atoms with Gasteiger partial charge in [0, 0.05) is 19.3 Å². The molecule has 4 heteroatoms. The van der Waals surface area contributed by atoms with Crippen molar-refractivity contribution >= 4 is 11.8 Å². The molecule has 0 aromatic carbocycles. The molecule has 22 heavy (non-hydrogen) atoms. The number of Topliss-reactive ketones (excluding diaryl/α,β-unsaturated/α-hetero) is 1. The van der Waals surface area contributed by atoms with Crippen LogP contribution in [0.3, 0.4) is 0 Å². The molecule has 0 aliphatic carbocycles. The monoisotopic (exact) mass is 312 g/mol. The van der Waals surface area contributed by atoms with Gasteiger partial charge >= 0.3 is 5.97 Å². The molecule has 0 spiro atoms. The molecule has 0 bridgehead atoms. The Bertz CT molecular complexity index is 323. The molecule has 1 atom stereocenters. The van der Waals surface area contributed by atoms with E-state index in [9.17, 15) is 14.7 Å². The number of unbranched alkanes of at least 4 members (excludes halogenated alkanes) is 4. The standard InChI is InChI=1S/C18H32O4/c1-3-4-6-11-16(19)12-7-5-8-13-17(20)14-9-10-15-18(21)22-2/h7,12,16,19H,3-6,8-11,13-15H2,1-2H3/b12-7-/t16-/m1/s1. The van der Waals surface area contributed by atoms with Gasteiger partial charge in [0.1, 0.15) is 5.78 Å². The van der Waals surface area contributed by atoms with Crippen LogP contribution in [0.25, 0.3) is 0 Å². The van der Waals surface area contributed by atoms with E-state index in [0.717, 1.165) is 44.9 Å². The van der Waals surface area contributed by atoms with Crippen LogP contribution < -0.4 is 0 Å². The lowest BCUT2D eigenvalue weighted by molar-refractivity contribution is -0.140. The van der Waals surface area contributed by atoms with Gasteiger partial charge in [0.25, 0.3) is 0 Å². The number of ketones is 1. The molecule has 0 unspecified atom stereocenters. The van der Waals surface area contributed by atoms with Crippen molar-refractivity contribution in [1.29, 1.82) is 0 Å². The van der Waals surface area contributed by atoms with Gasteiger partial charge < -0.3 is 9.84 Å². The smallest absolute Gasteiger partial charge is 0.305 e. The van der Waals surface area contributed by atoms with Gasteiger partial charge in [-0.25, -0.2) is 0 Å². The van der Waals surface area contributed by atoms with E-state index in [1.54, 1.807) is 0 Å². The Morgan fingerprint density at radius 3 is 2.41 bits per heavy atom. The summed E-state index contributed by atoms with van der Waals surface area (Å²) < 4.78 is 4.55. The number of aliphatic hydroxyl groups is 1. The normalized spacial score (nSPS) is 12.5. The number of esters is 1. The average Bonchev–Trinajstić information content (AvgIpc) is 2.51. The van der Waals surface area contributed by atoms with Crippen LogP contribution in [0.5, 0.6) is 0 Å². The minimum atomic E-state index is -0.347. The van der Waals surface area contributed by atoms with Gasteiger partial charge in [-0.05, 0) is 32.1 Å². The van der Waals surface area contributed by atoms with Gasteiger partial charge in [0.15, 0.2) is 0 Å². The molecule has 0 amide bonds. The van der Waals surface area contributed by atoms with Crippen LogP contribution >= 0.6 is 0 Å². The molecular weight excluding hydrogens is 280 g/mol. The molecule has 0 aromatic rings. The maximum atomic E-state index is 11.6. The summed E-state index contributed by atoms with van der Waals surface area (Å²) in [5.74, 6) is 0.0387. The van der Waals surface area contributed by atoms with Gasteiger partial charge in [0.2, 0.25) is 0 Å². The highest BCUT2D eigenvalue weighted by molar-refractivity contribution is 5.78. The van der Waals surface area contributed by atoms with E-state index in [1.165, 1.54) is 7.11 Å². The molecule has 0 aliphatic heterocycles. The fourth-order valence-corrected chi connectivity index (χ4v) is 2.19. The second-order valence-electron chi connectivity index (χ2n) is 5.71. The lowest BCUT2D eigenvalue weighted by Gasteiger charge is -2.04. The van der Waals surface area contributed by atoms with E-state index in [1.807, 2.05) is 12.2 Å². The molecule has 0 radical (unpaired) electrons. The van der Waals surface area contributed by atoms with Crippen molar-refractivity contribution in [2.45, 2.75) is 83.7 Å². The summed E-state index contributed by atoms with van der Waals surface area (Å²) in [4.78, 5) is 22.5. The Labute approximate surface area is 134 Å². The first-order chi connectivity index (χ1) is 10.6. The first-order valence-corrected chi connectivity index (χ1v) is 8.53. The molecule has 0 fully saturated rings. The zero-order valence-corrected chi connectivity index (χ0v) is 14.2. The summed E-state index contributed by atoms with van der Waals surface area (Å²) in [5.41, 5.74) is 0. The molecule has 0 aromatic heterocycles. The van der Waals surface area contributed by atoms with E-state index in [2.05, 4.69) is 11.7 Å². The zero-order valence-electron chi connectivity index (χ0n) is 14.2. The summed E-state index contributed by atoms with van der Waals surface area (Å²) >= 11 is 0.